The van der Waals surface area contributed by atoms with E-state index in [0.717, 1.165) is 5.69 Å². The number of sulfonamides is 1. The smallest absolute Gasteiger partial charge is 0.262 e. The van der Waals surface area contributed by atoms with Crippen molar-refractivity contribution in [2.75, 3.05) is 23.7 Å². The van der Waals surface area contributed by atoms with Gasteiger partial charge in [-0.05, 0) is 36.4 Å². The van der Waals surface area contributed by atoms with Gasteiger partial charge in [0.15, 0.2) is 0 Å². The first kappa shape index (κ1) is 14.6. The van der Waals surface area contributed by atoms with Gasteiger partial charge in [-0.2, -0.15) is 0 Å². The van der Waals surface area contributed by atoms with E-state index < -0.39 is 10.0 Å². The van der Waals surface area contributed by atoms with E-state index in [0.29, 0.717) is 5.69 Å². The van der Waals surface area contributed by atoms with Crippen LogP contribution in [0.2, 0.25) is 5.15 Å². The second-order valence-electron chi connectivity index (χ2n) is 4.36. The van der Waals surface area contributed by atoms with Crippen LogP contribution in [0.4, 0.5) is 11.4 Å². The molecule has 0 saturated heterocycles. The Kier molecular flexibility index (Phi) is 4.15. The van der Waals surface area contributed by atoms with E-state index in [9.17, 15) is 8.42 Å². The summed E-state index contributed by atoms with van der Waals surface area (Å²) >= 11 is 5.70. The van der Waals surface area contributed by atoms with Gasteiger partial charge in [0, 0.05) is 31.7 Å². The Hall–Kier alpha value is -1.79. The molecule has 0 amide bonds. The second kappa shape index (κ2) is 5.68. The highest BCUT2D eigenvalue weighted by molar-refractivity contribution is 7.92. The van der Waals surface area contributed by atoms with Gasteiger partial charge in [-0.1, -0.05) is 11.6 Å². The van der Waals surface area contributed by atoms with Gasteiger partial charge in [0.05, 0.1) is 4.90 Å². The molecule has 0 spiro atoms. The van der Waals surface area contributed by atoms with Crippen LogP contribution in [0.3, 0.4) is 0 Å². The van der Waals surface area contributed by atoms with Crippen LogP contribution in [0.1, 0.15) is 0 Å². The Morgan fingerprint density at radius 2 is 1.80 bits per heavy atom. The molecule has 106 valence electrons. The lowest BCUT2D eigenvalue weighted by molar-refractivity contribution is 0.601. The fraction of sp³-hybridized carbons (Fsp3) is 0.154. The first-order valence-electron chi connectivity index (χ1n) is 5.80. The molecule has 20 heavy (non-hydrogen) atoms. The SMILES string of the molecule is CN(C)c1ccc(NS(=O)(=O)c2ccnc(Cl)c2)cc1. The third-order valence-electron chi connectivity index (χ3n) is 2.64. The molecule has 2 aromatic rings. The zero-order valence-corrected chi connectivity index (χ0v) is 12.6. The van der Waals surface area contributed by atoms with Gasteiger partial charge in [0.1, 0.15) is 5.15 Å². The average molecular weight is 312 g/mol. The minimum absolute atomic E-state index is 0.0780. The Balaban J connectivity index is 2.24. The number of halogens is 1. The van der Waals surface area contributed by atoms with E-state index in [-0.39, 0.29) is 10.0 Å². The molecule has 1 heterocycles. The van der Waals surface area contributed by atoms with Crippen LogP contribution in [0, 0.1) is 0 Å². The number of anilines is 2. The van der Waals surface area contributed by atoms with Crippen molar-refractivity contribution >= 4 is 33.0 Å². The van der Waals surface area contributed by atoms with Crippen molar-refractivity contribution < 1.29 is 8.42 Å². The maximum absolute atomic E-state index is 12.2. The van der Waals surface area contributed by atoms with Crippen LogP contribution in [-0.2, 0) is 10.0 Å². The maximum atomic E-state index is 12.2. The van der Waals surface area contributed by atoms with Crippen molar-refractivity contribution in [1.82, 2.24) is 4.98 Å². The molecular weight excluding hydrogens is 298 g/mol. The number of benzene rings is 1. The molecule has 0 atom stereocenters. The molecule has 0 bridgehead atoms. The number of nitrogens with zero attached hydrogens (tertiary/aromatic N) is 2. The highest BCUT2D eigenvalue weighted by atomic mass is 35.5. The summed E-state index contributed by atoms with van der Waals surface area (Å²) in [4.78, 5) is 5.77. The summed E-state index contributed by atoms with van der Waals surface area (Å²) in [7, 11) is 0.173. The van der Waals surface area contributed by atoms with Crippen LogP contribution >= 0.6 is 11.6 Å². The van der Waals surface area contributed by atoms with Crippen LogP contribution in [0.25, 0.3) is 0 Å². The van der Waals surface area contributed by atoms with Gasteiger partial charge in [-0.3, -0.25) is 4.72 Å². The van der Waals surface area contributed by atoms with E-state index in [1.165, 1.54) is 18.3 Å². The highest BCUT2D eigenvalue weighted by Gasteiger charge is 2.14. The molecule has 1 N–H and O–H groups in total. The fourth-order valence-electron chi connectivity index (χ4n) is 1.59. The molecule has 0 aliphatic heterocycles. The molecule has 2 rings (SSSR count). The molecule has 0 aliphatic rings. The quantitative estimate of drug-likeness (QED) is 0.882. The Morgan fingerprint density at radius 3 is 2.35 bits per heavy atom. The molecule has 5 nitrogen and oxygen atoms in total. The molecule has 0 aliphatic carbocycles. The summed E-state index contributed by atoms with van der Waals surface area (Å²) in [5.74, 6) is 0. The molecule has 1 aromatic carbocycles. The van der Waals surface area contributed by atoms with E-state index in [1.807, 2.05) is 31.1 Å². The minimum atomic E-state index is -3.66. The van der Waals surface area contributed by atoms with Crippen molar-refractivity contribution in [2.24, 2.45) is 0 Å². The van der Waals surface area contributed by atoms with Gasteiger partial charge in [-0.15, -0.1) is 0 Å². The topological polar surface area (TPSA) is 62.3 Å². The number of rotatable bonds is 4. The Bertz CT molecular complexity index is 700. The number of pyridine rings is 1. The molecular formula is C13H14ClN3O2S. The first-order valence-corrected chi connectivity index (χ1v) is 7.66. The maximum Gasteiger partial charge on any atom is 0.262 e. The lowest BCUT2D eigenvalue weighted by Gasteiger charge is -2.13. The van der Waals surface area contributed by atoms with Gasteiger partial charge in [0.25, 0.3) is 10.0 Å². The van der Waals surface area contributed by atoms with Crippen LogP contribution in [0.15, 0.2) is 47.5 Å². The van der Waals surface area contributed by atoms with Crippen molar-refractivity contribution in [3.05, 3.63) is 47.7 Å². The summed E-state index contributed by atoms with van der Waals surface area (Å²) < 4.78 is 26.8. The van der Waals surface area contributed by atoms with E-state index >= 15 is 0 Å². The molecule has 0 radical (unpaired) electrons. The first-order chi connectivity index (χ1) is 9.38. The lowest BCUT2D eigenvalue weighted by Crippen LogP contribution is -2.13. The van der Waals surface area contributed by atoms with Crippen molar-refractivity contribution in [3.8, 4) is 0 Å². The number of hydrogen-bond donors (Lipinski definition) is 1. The van der Waals surface area contributed by atoms with Gasteiger partial charge >= 0.3 is 0 Å². The largest absolute Gasteiger partial charge is 0.378 e. The monoisotopic (exact) mass is 311 g/mol. The zero-order valence-electron chi connectivity index (χ0n) is 11.0. The zero-order chi connectivity index (χ0) is 14.8. The highest BCUT2D eigenvalue weighted by Crippen LogP contribution is 2.20. The summed E-state index contributed by atoms with van der Waals surface area (Å²) in [6.07, 6.45) is 1.35. The second-order valence-corrected chi connectivity index (χ2v) is 6.43. The number of aromatic nitrogens is 1. The van der Waals surface area contributed by atoms with Crippen LogP contribution < -0.4 is 9.62 Å². The average Bonchev–Trinajstić information content (AvgIpc) is 2.39. The van der Waals surface area contributed by atoms with Gasteiger partial charge in [-0.25, -0.2) is 13.4 Å². The van der Waals surface area contributed by atoms with E-state index in [1.54, 1.807) is 12.1 Å². The predicted octanol–water partition coefficient (Wildman–Crippen LogP) is 2.60. The van der Waals surface area contributed by atoms with Crippen molar-refractivity contribution in [1.29, 1.82) is 0 Å². The Morgan fingerprint density at radius 1 is 1.15 bits per heavy atom. The summed E-state index contributed by atoms with van der Waals surface area (Å²) in [6.45, 7) is 0. The van der Waals surface area contributed by atoms with Crippen LogP contribution in [0.5, 0.6) is 0 Å². The fourth-order valence-corrected chi connectivity index (χ4v) is 2.90. The molecule has 0 fully saturated rings. The number of nitrogens with one attached hydrogen (secondary N) is 1. The summed E-state index contributed by atoms with van der Waals surface area (Å²) in [5.41, 5.74) is 1.48. The third kappa shape index (κ3) is 3.40. The number of hydrogen-bond acceptors (Lipinski definition) is 4. The lowest BCUT2D eigenvalue weighted by atomic mass is 10.3. The molecule has 7 heteroatoms. The van der Waals surface area contributed by atoms with E-state index in [2.05, 4.69) is 9.71 Å². The van der Waals surface area contributed by atoms with Crippen molar-refractivity contribution in [2.45, 2.75) is 4.90 Å². The summed E-state index contributed by atoms with van der Waals surface area (Å²) in [5, 5.41) is 0.135. The molecule has 0 saturated carbocycles. The van der Waals surface area contributed by atoms with Crippen LogP contribution in [-0.4, -0.2) is 27.5 Å². The van der Waals surface area contributed by atoms with E-state index in [4.69, 9.17) is 11.6 Å². The van der Waals surface area contributed by atoms with Crippen molar-refractivity contribution in [3.63, 3.8) is 0 Å². The summed E-state index contributed by atoms with van der Waals surface area (Å²) in [6, 6.07) is 9.76. The molecule has 0 unspecified atom stereocenters. The third-order valence-corrected chi connectivity index (χ3v) is 4.23. The predicted molar refractivity (Wildman–Crippen MR) is 80.8 cm³/mol. The normalized spacial score (nSPS) is 11.2. The minimum Gasteiger partial charge on any atom is -0.378 e. The van der Waals surface area contributed by atoms with Gasteiger partial charge in [0.2, 0.25) is 0 Å². The molecule has 1 aromatic heterocycles. The van der Waals surface area contributed by atoms with Gasteiger partial charge < -0.3 is 4.90 Å². The Labute approximate surface area is 123 Å². The standard InChI is InChI=1S/C13H14ClN3O2S/c1-17(2)11-5-3-10(4-6-11)16-20(18,19)12-7-8-15-13(14)9-12/h3-9,16H,1-2H3.